The summed E-state index contributed by atoms with van der Waals surface area (Å²) in [5.41, 5.74) is 5.44. The molecule has 39 heavy (non-hydrogen) atoms. The van der Waals surface area contributed by atoms with Gasteiger partial charge >= 0.3 is 5.97 Å². The van der Waals surface area contributed by atoms with Crippen LogP contribution in [0.15, 0.2) is 36.5 Å². The molecule has 1 saturated heterocycles. The van der Waals surface area contributed by atoms with Crippen LogP contribution in [0.4, 0.5) is 0 Å². The van der Waals surface area contributed by atoms with Crippen LogP contribution in [-0.2, 0) is 23.9 Å². The number of aromatic nitrogens is 1. The number of fused-ring (bicyclic) bond motifs is 4. The number of benzene rings is 1. The van der Waals surface area contributed by atoms with Crippen LogP contribution >= 0.6 is 0 Å². The zero-order chi connectivity index (χ0) is 28.3. The largest absolute Gasteiger partial charge is 0.457 e. The molecule has 1 fully saturated rings. The van der Waals surface area contributed by atoms with Gasteiger partial charge in [-0.05, 0) is 56.4 Å². The number of cyclic esters (lactones) is 1. The summed E-state index contributed by atoms with van der Waals surface area (Å²) in [6.07, 6.45) is 5.96. The molecular weight excluding hydrogens is 498 g/mol. The number of nitrogens with zero attached hydrogens (tertiary/aromatic N) is 3. The van der Waals surface area contributed by atoms with E-state index in [2.05, 4.69) is 15.7 Å². The molecule has 2 aromatic rings. The first kappa shape index (κ1) is 28.2. The zero-order valence-corrected chi connectivity index (χ0v) is 23.1. The van der Waals surface area contributed by atoms with E-state index >= 15 is 0 Å². The van der Waals surface area contributed by atoms with E-state index < -0.39 is 30.2 Å². The van der Waals surface area contributed by atoms with E-state index in [9.17, 15) is 19.2 Å². The van der Waals surface area contributed by atoms with Gasteiger partial charge in [0.2, 0.25) is 11.8 Å². The summed E-state index contributed by atoms with van der Waals surface area (Å²) in [6.45, 7) is 7.53. The van der Waals surface area contributed by atoms with Crippen LogP contribution < -0.4 is 10.7 Å². The Morgan fingerprint density at radius 3 is 2.59 bits per heavy atom. The Labute approximate surface area is 228 Å². The van der Waals surface area contributed by atoms with Crippen LogP contribution in [0, 0.1) is 5.92 Å². The fourth-order valence-electron chi connectivity index (χ4n) is 4.78. The molecule has 208 valence electrons. The van der Waals surface area contributed by atoms with Crippen LogP contribution in [0.3, 0.4) is 0 Å². The van der Waals surface area contributed by atoms with Crippen molar-refractivity contribution >= 4 is 40.7 Å². The van der Waals surface area contributed by atoms with Gasteiger partial charge in [0, 0.05) is 37.2 Å². The van der Waals surface area contributed by atoms with Crippen molar-refractivity contribution in [1.82, 2.24) is 25.6 Å². The predicted molar refractivity (Wildman–Crippen MR) is 147 cm³/mol. The molecule has 0 saturated carbocycles. The molecule has 4 atom stereocenters. The average Bonchev–Trinajstić information content (AvgIpc) is 2.93. The summed E-state index contributed by atoms with van der Waals surface area (Å²) in [5, 5.41) is 5.11. The Hall–Kier alpha value is -3.79. The SMILES string of the molecule is CC(C)[C@@H]1NC(=O)C/C=C/c2ccc3ncc(cc3c2)[C@@H](C)OC(=O)[C@@H]2CCCN(N2)C(=O)[C@H](C)N(C)C1=O. The van der Waals surface area contributed by atoms with E-state index in [1.165, 1.54) is 9.91 Å². The van der Waals surface area contributed by atoms with Gasteiger partial charge in [0.25, 0.3) is 5.91 Å². The number of amides is 3. The number of ether oxygens (including phenoxy) is 1. The van der Waals surface area contributed by atoms with E-state index in [1.54, 1.807) is 33.2 Å². The minimum Gasteiger partial charge on any atom is -0.457 e. The highest BCUT2D eigenvalue weighted by Crippen LogP contribution is 2.24. The molecule has 0 radical (unpaired) electrons. The summed E-state index contributed by atoms with van der Waals surface area (Å²) in [5.74, 6) is -1.62. The molecule has 2 N–H and O–H groups in total. The third kappa shape index (κ3) is 6.44. The highest BCUT2D eigenvalue weighted by molar-refractivity contribution is 5.92. The Kier molecular flexibility index (Phi) is 8.64. The average molecular weight is 536 g/mol. The highest BCUT2D eigenvalue weighted by Gasteiger charge is 2.36. The lowest BCUT2D eigenvalue weighted by molar-refractivity contribution is -0.158. The van der Waals surface area contributed by atoms with Gasteiger partial charge < -0.3 is 15.0 Å². The van der Waals surface area contributed by atoms with Crippen LogP contribution in [0.1, 0.15) is 64.2 Å². The minimum atomic E-state index is -0.810. The Morgan fingerprint density at radius 1 is 1.08 bits per heavy atom. The number of esters is 1. The number of hydrogen-bond donors (Lipinski definition) is 2. The fraction of sp³-hybridized carbons (Fsp3) is 0.483. The van der Waals surface area contributed by atoms with Crippen LogP contribution in [-0.4, -0.2) is 70.3 Å². The predicted octanol–water partition coefficient (Wildman–Crippen LogP) is 2.74. The molecule has 4 rings (SSSR count). The van der Waals surface area contributed by atoms with Crippen molar-refractivity contribution in [3.05, 3.63) is 47.7 Å². The molecule has 1 aromatic carbocycles. The molecule has 0 aliphatic carbocycles. The molecule has 0 unspecified atom stereocenters. The topological polar surface area (TPSA) is 121 Å². The maximum absolute atomic E-state index is 13.4. The van der Waals surface area contributed by atoms with Gasteiger partial charge in [0.1, 0.15) is 24.2 Å². The summed E-state index contributed by atoms with van der Waals surface area (Å²) in [7, 11) is 1.55. The quantitative estimate of drug-likeness (QED) is 0.539. The van der Waals surface area contributed by atoms with Gasteiger partial charge in [0.05, 0.1) is 5.52 Å². The number of likely N-dealkylation sites (N-methyl/N-ethyl adjacent to an activating group) is 1. The van der Waals surface area contributed by atoms with Gasteiger partial charge in [-0.3, -0.25) is 29.2 Å². The monoisotopic (exact) mass is 535 g/mol. The molecule has 10 nitrogen and oxygen atoms in total. The van der Waals surface area contributed by atoms with E-state index in [-0.39, 0.29) is 30.1 Å². The van der Waals surface area contributed by atoms with Gasteiger partial charge in [0.15, 0.2) is 0 Å². The molecule has 1 aromatic heterocycles. The normalized spacial score (nSPS) is 26.5. The number of rotatable bonds is 1. The van der Waals surface area contributed by atoms with Gasteiger partial charge in [-0.25, -0.2) is 5.43 Å². The summed E-state index contributed by atoms with van der Waals surface area (Å²) in [6, 6.07) is 5.41. The maximum atomic E-state index is 13.4. The summed E-state index contributed by atoms with van der Waals surface area (Å²) in [4.78, 5) is 58.4. The van der Waals surface area contributed by atoms with E-state index in [4.69, 9.17) is 4.74 Å². The van der Waals surface area contributed by atoms with Gasteiger partial charge in [-0.2, -0.15) is 0 Å². The number of carbonyl (C=O) groups excluding carboxylic acids is 4. The third-order valence-electron chi connectivity index (χ3n) is 7.37. The molecule has 0 spiro atoms. The molecule has 3 heterocycles. The standard InChI is InChI=1S/C29H37N5O5/c1-17(2)26-28(37)33(5)18(3)27(36)34-13-7-9-24(32-34)29(38)39-19(4)22-15-21-14-20(8-6-10-25(35)31-26)11-12-23(21)30-16-22/h6,8,11-12,14-19,24,26,32H,7,9-10,13H2,1-5H3,(H,31,35)/b8-6+/t18-,19+,24-,26-/m0/s1. The van der Waals surface area contributed by atoms with E-state index in [1.807, 2.05) is 44.2 Å². The third-order valence-corrected chi connectivity index (χ3v) is 7.37. The van der Waals surface area contributed by atoms with E-state index in [0.29, 0.717) is 19.4 Å². The van der Waals surface area contributed by atoms with Crippen molar-refractivity contribution < 1.29 is 23.9 Å². The Balaban J connectivity index is 1.67. The van der Waals surface area contributed by atoms with Crippen LogP contribution in [0.25, 0.3) is 17.0 Å². The summed E-state index contributed by atoms with van der Waals surface area (Å²) < 4.78 is 5.77. The minimum absolute atomic E-state index is 0.0943. The number of nitrogens with one attached hydrogen (secondary N) is 2. The number of hydrogen-bond acceptors (Lipinski definition) is 7. The Morgan fingerprint density at radius 2 is 1.85 bits per heavy atom. The molecule has 10 heteroatoms. The number of carbonyl (C=O) groups is 4. The van der Waals surface area contributed by atoms with Gasteiger partial charge in [-0.15, -0.1) is 0 Å². The second-order valence-electron chi connectivity index (χ2n) is 10.6. The molecular formula is C29H37N5O5. The lowest BCUT2D eigenvalue weighted by atomic mass is 10.0. The first-order chi connectivity index (χ1) is 18.5. The van der Waals surface area contributed by atoms with Crippen molar-refractivity contribution in [3.8, 4) is 0 Å². The summed E-state index contributed by atoms with van der Waals surface area (Å²) >= 11 is 0. The second-order valence-corrected chi connectivity index (χ2v) is 10.6. The highest BCUT2D eigenvalue weighted by atomic mass is 16.5. The number of hydrazine groups is 1. The van der Waals surface area contributed by atoms with Crippen molar-refractivity contribution in [2.45, 2.75) is 71.2 Å². The fourth-order valence-corrected chi connectivity index (χ4v) is 4.78. The lowest BCUT2D eigenvalue weighted by Crippen LogP contribution is -2.61. The second kappa shape index (κ2) is 11.9. The van der Waals surface area contributed by atoms with Crippen molar-refractivity contribution in [2.75, 3.05) is 13.6 Å². The van der Waals surface area contributed by atoms with Gasteiger partial charge in [-0.1, -0.05) is 32.1 Å². The molecule has 2 aliphatic rings. The number of pyridine rings is 1. The smallest absolute Gasteiger partial charge is 0.325 e. The molecule has 5 bridgehead atoms. The zero-order valence-electron chi connectivity index (χ0n) is 23.1. The molecule has 2 aliphatic heterocycles. The Bertz CT molecular complexity index is 1290. The van der Waals surface area contributed by atoms with Crippen molar-refractivity contribution in [3.63, 3.8) is 0 Å². The maximum Gasteiger partial charge on any atom is 0.325 e. The van der Waals surface area contributed by atoms with Crippen LogP contribution in [0.2, 0.25) is 0 Å². The van der Waals surface area contributed by atoms with Crippen molar-refractivity contribution in [2.24, 2.45) is 5.92 Å². The van der Waals surface area contributed by atoms with E-state index in [0.717, 1.165) is 22.0 Å². The van der Waals surface area contributed by atoms with Crippen LogP contribution in [0.5, 0.6) is 0 Å². The molecule has 3 amide bonds. The van der Waals surface area contributed by atoms with Crippen molar-refractivity contribution in [1.29, 1.82) is 0 Å². The first-order valence-corrected chi connectivity index (χ1v) is 13.5. The lowest BCUT2D eigenvalue weighted by Gasteiger charge is -2.37. The first-order valence-electron chi connectivity index (χ1n) is 13.5.